The Bertz CT molecular complexity index is 509. The molecular weight excluding hydrogens is 222 g/mol. The summed E-state index contributed by atoms with van der Waals surface area (Å²) < 4.78 is 2.16. The van der Waals surface area contributed by atoms with Crippen LogP contribution in [0, 0.1) is 6.92 Å². The number of nitrogens with one attached hydrogen (secondary N) is 1. The maximum Gasteiger partial charge on any atom is 0.207 e. The minimum Gasteiger partial charge on any atom is -0.326 e. The van der Waals surface area contributed by atoms with E-state index in [-0.39, 0.29) is 0 Å². The average Bonchev–Trinajstić information content (AvgIpc) is 2.71. The Morgan fingerprint density at radius 2 is 1.89 bits per heavy atom. The molecule has 0 bridgehead atoms. The smallest absolute Gasteiger partial charge is 0.207 e. The molecule has 0 fully saturated rings. The number of anilines is 2. The molecule has 0 saturated heterocycles. The molecule has 2 aromatic rings. The van der Waals surface area contributed by atoms with Gasteiger partial charge in [0.05, 0.1) is 5.69 Å². The van der Waals surface area contributed by atoms with E-state index >= 15 is 0 Å². The lowest BCUT2D eigenvalue weighted by atomic mass is 10.1. The van der Waals surface area contributed by atoms with Crippen molar-refractivity contribution in [2.45, 2.75) is 40.2 Å². The number of nitrogens with zero attached hydrogens (tertiary/aromatic N) is 2. The van der Waals surface area contributed by atoms with Gasteiger partial charge in [-0.15, -0.1) is 0 Å². The van der Waals surface area contributed by atoms with Crippen molar-refractivity contribution in [1.82, 2.24) is 9.55 Å². The van der Waals surface area contributed by atoms with E-state index in [1.807, 2.05) is 6.92 Å². The molecule has 3 heteroatoms. The fraction of sp³-hybridized carbons (Fsp3) is 0.400. The summed E-state index contributed by atoms with van der Waals surface area (Å²) in [5.41, 5.74) is 3.47. The zero-order chi connectivity index (χ0) is 13.1. The van der Waals surface area contributed by atoms with Crippen LogP contribution in [0.4, 0.5) is 11.6 Å². The van der Waals surface area contributed by atoms with Crippen molar-refractivity contribution in [3.63, 3.8) is 0 Å². The van der Waals surface area contributed by atoms with Crippen molar-refractivity contribution in [3.05, 3.63) is 41.7 Å². The van der Waals surface area contributed by atoms with Crippen molar-refractivity contribution in [2.24, 2.45) is 0 Å². The molecule has 0 atom stereocenters. The molecule has 0 aliphatic heterocycles. The molecule has 0 saturated carbocycles. The number of imidazole rings is 1. The molecule has 1 heterocycles. The van der Waals surface area contributed by atoms with Gasteiger partial charge in [0.15, 0.2) is 0 Å². The van der Waals surface area contributed by atoms with Crippen LogP contribution in [0.1, 0.15) is 38.1 Å². The summed E-state index contributed by atoms with van der Waals surface area (Å²) in [5, 5.41) is 3.38. The lowest BCUT2D eigenvalue weighted by molar-refractivity contribution is 0.607. The average molecular weight is 243 g/mol. The molecule has 18 heavy (non-hydrogen) atoms. The fourth-order valence-electron chi connectivity index (χ4n) is 1.96. The Morgan fingerprint density at radius 1 is 1.22 bits per heavy atom. The predicted molar refractivity (Wildman–Crippen MR) is 76.5 cm³/mol. The molecule has 96 valence electrons. The van der Waals surface area contributed by atoms with Gasteiger partial charge in [-0.1, -0.05) is 19.1 Å². The number of aryl methyl sites for hydroxylation is 2. The minimum atomic E-state index is 0.406. The Morgan fingerprint density at radius 3 is 2.44 bits per heavy atom. The van der Waals surface area contributed by atoms with E-state index in [4.69, 9.17) is 0 Å². The van der Waals surface area contributed by atoms with Crippen LogP contribution in [0.3, 0.4) is 0 Å². The quantitative estimate of drug-likeness (QED) is 0.877. The molecule has 2 rings (SSSR count). The van der Waals surface area contributed by atoms with Crippen molar-refractivity contribution >= 4 is 11.6 Å². The van der Waals surface area contributed by atoms with Crippen molar-refractivity contribution < 1.29 is 0 Å². The molecule has 0 aliphatic rings. The van der Waals surface area contributed by atoms with Gasteiger partial charge in [0.2, 0.25) is 5.95 Å². The lowest BCUT2D eigenvalue weighted by Crippen LogP contribution is -2.05. The molecule has 0 radical (unpaired) electrons. The van der Waals surface area contributed by atoms with E-state index in [0.717, 1.165) is 23.8 Å². The monoisotopic (exact) mass is 243 g/mol. The molecule has 0 spiro atoms. The van der Waals surface area contributed by atoms with Crippen molar-refractivity contribution in [3.8, 4) is 0 Å². The first kappa shape index (κ1) is 12.7. The first-order valence-electron chi connectivity index (χ1n) is 6.51. The van der Waals surface area contributed by atoms with Gasteiger partial charge < -0.3 is 9.88 Å². The largest absolute Gasteiger partial charge is 0.326 e. The summed E-state index contributed by atoms with van der Waals surface area (Å²) in [7, 11) is 0. The van der Waals surface area contributed by atoms with Crippen LogP contribution in [0.15, 0.2) is 30.5 Å². The second-order valence-corrected chi connectivity index (χ2v) is 4.88. The van der Waals surface area contributed by atoms with Gasteiger partial charge >= 0.3 is 0 Å². The summed E-state index contributed by atoms with van der Waals surface area (Å²) in [6.07, 6.45) is 3.15. The topological polar surface area (TPSA) is 29.9 Å². The molecule has 3 nitrogen and oxygen atoms in total. The summed E-state index contributed by atoms with van der Waals surface area (Å²) >= 11 is 0. The molecule has 0 unspecified atom stereocenters. The van der Waals surface area contributed by atoms with E-state index in [2.05, 4.69) is 66.1 Å². The second-order valence-electron chi connectivity index (χ2n) is 4.88. The van der Waals surface area contributed by atoms with Gasteiger partial charge in [0.1, 0.15) is 0 Å². The highest BCUT2D eigenvalue weighted by Gasteiger charge is 2.08. The second kappa shape index (κ2) is 5.25. The summed E-state index contributed by atoms with van der Waals surface area (Å²) in [6, 6.07) is 8.92. The first-order chi connectivity index (χ1) is 8.60. The van der Waals surface area contributed by atoms with Crippen LogP contribution in [0.5, 0.6) is 0 Å². The van der Waals surface area contributed by atoms with Crippen LogP contribution in [-0.2, 0) is 6.42 Å². The third kappa shape index (κ3) is 2.73. The van der Waals surface area contributed by atoms with Crippen molar-refractivity contribution in [2.75, 3.05) is 5.32 Å². The van der Waals surface area contributed by atoms with E-state index < -0.39 is 0 Å². The Kier molecular flexibility index (Phi) is 3.70. The molecule has 0 aliphatic carbocycles. The van der Waals surface area contributed by atoms with E-state index in [1.54, 1.807) is 0 Å². The van der Waals surface area contributed by atoms with Gasteiger partial charge in [-0.3, -0.25) is 0 Å². The standard InChI is InChI=1S/C15H21N3/c1-5-13-6-8-14(9-7-13)17-15-16-12(4)10-18(15)11(2)3/h6-11H,5H2,1-4H3,(H,16,17). The Hall–Kier alpha value is -1.77. The number of hydrogen-bond donors (Lipinski definition) is 1. The van der Waals surface area contributed by atoms with Crippen LogP contribution in [0.2, 0.25) is 0 Å². The zero-order valence-corrected chi connectivity index (χ0v) is 11.6. The molecule has 1 N–H and O–H groups in total. The third-order valence-electron chi connectivity index (χ3n) is 3.03. The highest BCUT2D eigenvalue weighted by Crippen LogP contribution is 2.20. The summed E-state index contributed by atoms with van der Waals surface area (Å²) in [4.78, 5) is 4.52. The molecule has 1 aromatic carbocycles. The molecular formula is C15H21N3. The fourth-order valence-corrected chi connectivity index (χ4v) is 1.96. The zero-order valence-electron chi connectivity index (χ0n) is 11.6. The number of rotatable bonds is 4. The molecule has 0 amide bonds. The van der Waals surface area contributed by atoms with E-state index in [0.29, 0.717) is 6.04 Å². The first-order valence-corrected chi connectivity index (χ1v) is 6.51. The van der Waals surface area contributed by atoms with Gasteiger partial charge in [0.25, 0.3) is 0 Å². The van der Waals surface area contributed by atoms with Crippen LogP contribution in [0.25, 0.3) is 0 Å². The highest BCUT2D eigenvalue weighted by molar-refractivity contribution is 5.54. The van der Waals surface area contributed by atoms with E-state index in [1.165, 1.54) is 5.56 Å². The van der Waals surface area contributed by atoms with E-state index in [9.17, 15) is 0 Å². The van der Waals surface area contributed by atoms with Crippen LogP contribution >= 0.6 is 0 Å². The Labute approximate surface area is 109 Å². The number of benzene rings is 1. The predicted octanol–water partition coefficient (Wildman–Crippen LogP) is 4.08. The highest BCUT2D eigenvalue weighted by atomic mass is 15.2. The van der Waals surface area contributed by atoms with Gasteiger partial charge in [-0.25, -0.2) is 4.98 Å². The maximum atomic E-state index is 4.52. The summed E-state index contributed by atoms with van der Waals surface area (Å²) in [6.45, 7) is 8.50. The minimum absolute atomic E-state index is 0.406. The van der Waals surface area contributed by atoms with Gasteiger partial charge in [-0.2, -0.15) is 0 Å². The lowest BCUT2D eigenvalue weighted by Gasteiger charge is -2.12. The Balaban J connectivity index is 2.22. The molecule has 1 aromatic heterocycles. The maximum absolute atomic E-state index is 4.52. The normalized spacial score (nSPS) is 10.9. The van der Waals surface area contributed by atoms with Gasteiger partial charge in [0, 0.05) is 17.9 Å². The SMILES string of the molecule is CCc1ccc(Nc2nc(C)cn2C(C)C)cc1. The van der Waals surface area contributed by atoms with Crippen molar-refractivity contribution in [1.29, 1.82) is 0 Å². The van der Waals surface area contributed by atoms with Crippen LogP contribution < -0.4 is 5.32 Å². The number of aromatic nitrogens is 2. The van der Waals surface area contributed by atoms with Crippen LogP contribution in [-0.4, -0.2) is 9.55 Å². The third-order valence-corrected chi connectivity index (χ3v) is 3.03. The summed E-state index contributed by atoms with van der Waals surface area (Å²) in [5.74, 6) is 0.909. The van der Waals surface area contributed by atoms with Gasteiger partial charge in [-0.05, 0) is 44.9 Å². The number of hydrogen-bond acceptors (Lipinski definition) is 2.